The van der Waals surface area contributed by atoms with Crippen LogP contribution in [0.2, 0.25) is 5.02 Å². The highest BCUT2D eigenvalue weighted by Crippen LogP contribution is 2.50. The molecule has 5 nitrogen and oxygen atoms in total. The number of alkyl halides is 2. The van der Waals surface area contributed by atoms with E-state index in [9.17, 15) is 32.3 Å². The Balaban J connectivity index is 1.61. The van der Waals surface area contributed by atoms with Gasteiger partial charge < -0.3 is 15.3 Å². The van der Waals surface area contributed by atoms with Gasteiger partial charge in [-0.3, -0.25) is 9.59 Å². The molecule has 0 saturated carbocycles. The number of aliphatic hydroxyl groups is 1. The molecule has 0 radical (unpaired) electrons. The lowest BCUT2D eigenvalue weighted by Gasteiger charge is -2.50. The lowest BCUT2D eigenvalue weighted by atomic mass is 9.62. The molecule has 35 heavy (non-hydrogen) atoms. The minimum atomic E-state index is -3.90. The highest BCUT2D eigenvalue weighted by Gasteiger charge is 2.59. The van der Waals surface area contributed by atoms with Crippen molar-refractivity contribution in [2.24, 2.45) is 5.41 Å². The van der Waals surface area contributed by atoms with Crippen molar-refractivity contribution < 1.29 is 32.3 Å². The van der Waals surface area contributed by atoms with Gasteiger partial charge >= 0.3 is 0 Å². The molecule has 0 bridgehead atoms. The summed E-state index contributed by atoms with van der Waals surface area (Å²) in [5.41, 5.74) is -3.48. The first kappa shape index (κ1) is 25.4. The van der Waals surface area contributed by atoms with E-state index in [4.69, 9.17) is 11.6 Å². The second-order valence-electron chi connectivity index (χ2n) is 9.47. The van der Waals surface area contributed by atoms with Gasteiger partial charge in [0.2, 0.25) is 11.5 Å². The van der Waals surface area contributed by atoms with E-state index in [0.717, 1.165) is 28.7 Å². The van der Waals surface area contributed by atoms with Crippen LogP contribution in [0.3, 0.4) is 0 Å². The predicted molar refractivity (Wildman–Crippen MR) is 121 cm³/mol. The standard InChI is InChI=1S/C25H25ClF4N2O3/c1-23(29,30)25(35,16-4-7-20(28)19(26)12-16)22(34)32-10-8-24(9-11-32)13-21(33)31-14-18(24)15-2-5-17(27)6-3-15/h2-7,12,18,35H,8-11,13-14H2,1H3,(H,31,33)/t18-,25?/m0/s1. The molecule has 2 aliphatic heterocycles. The second-order valence-corrected chi connectivity index (χ2v) is 9.87. The number of amides is 2. The normalized spacial score (nSPS) is 22.0. The molecule has 2 saturated heterocycles. The predicted octanol–water partition coefficient (Wildman–Crippen LogP) is 4.37. The Morgan fingerprint density at radius 3 is 2.34 bits per heavy atom. The zero-order chi connectivity index (χ0) is 25.6. The summed E-state index contributed by atoms with van der Waals surface area (Å²) < 4.78 is 56.5. The zero-order valence-electron chi connectivity index (χ0n) is 19.0. The summed E-state index contributed by atoms with van der Waals surface area (Å²) in [4.78, 5) is 26.8. The number of nitrogens with zero attached hydrogens (tertiary/aromatic N) is 1. The summed E-state index contributed by atoms with van der Waals surface area (Å²) in [5, 5.41) is 13.4. The molecule has 2 aromatic rings. The molecule has 2 fully saturated rings. The SMILES string of the molecule is CC(F)(F)C(O)(C(=O)N1CCC2(CC1)CC(=O)NC[C@H]2c1ccc(F)cc1)c1ccc(F)c(Cl)c1. The number of carbonyl (C=O) groups excluding carboxylic acids is 2. The number of carbonyl (C=O) groups is 2. The summed E-state index contributed by atoms with van der Waals surface area (Å²) in [6.45, 7) is 0.807. The average molecular weight is 513 g/mol. The Labute approximate surface area is 205 Å². The summed E-state index contributed by atoms with van der Waals surface area (Å²) in [5.74, 6) is -6.68. The lowest BCUT2D eigenvalue weighted by Crippen LogP contribution is -2.59. The molecule has 2 atom stereocenters. The Kier molecular flexibility index (Phi) is 6.61. The first-order valence-electron chi connectivity index (χ1n) is 11.2. The molecule has 0 aliphatic carbocycles. The molecule has 188 valence electrons. The van der Waals surface area contributed by atoms with Crippen molar-refractivity contribution in [3.8, 4) is 0 Å². The van der Waals surface area contributed by atoms with E-state index in [1.54, 1.807) is 12.1 Å². The van der Waals surface area contributed by atoms with E-state index in [0.29, 0.717) is 26.3 Å². The maximum atomic E-state index is 14.7. The van der Waals surface area contributed by atoms with Gasteiger partial charge in [-0.1, -0.05) is 29.8 Å². The van der Waals surface area contributed by atoms with Crippen molar-refractivity contribution >= 4 is 23.4 Å². The number of halogens is 5. The van der Waals surface area contributed by atoms with Crippen molar-refractivity contribution in [2.75, 3.05) is 19.6 Å². The quantitative estimate of drug-likeness (QED) is 0.598. The molecular weight excluding hydrogens is 488 g/mol. The van der Waals surface area contributed by atoms with Crippen LogP contribution in [0.5, 0.6) is 0 Å². The van der Waals surface area contributed by atoms with Crippen LogP contribution in [0.1, 0.15) is 43.2 Å². The van der Waals surface area contributed by atoms with E-state index in [-0.39, 0.29) is 37.2 Å². The van der Waals surface area contributed by atoms with Gasteiger partial charge in [-0.25, -0.2) is 17.6 Å². The molecule has 2 aromatic carbocycles. The Hall–Kier alpha value is -2.65. The van der Waals surface area contributed by atoms with Crippen molar-refractivity contribution in [3.63, 3.8) is 0 Å². The van der Waals surface area contributed by atoms with Crippen molar-refractivity contribution in [1.82, 2.24) is 10.2 Å². The monoisotopic (exact) mass is 512 g/mol. The van der Waals surface area contributed by atoms with Gasteiger partial charge in [0.05, 0.1) is 5.02 Å². The fraction of sp³-hybridized carbons (Fsp3) is 0.440. The van der Waals surface area contributed by atoms with Crippen LogP contribution >= 0.6 is 11.6 Å². The Bertz CT molecular complexity index is 1130. The van der Waals surface area contributed by atoms with E-state index in [1.807, 2.05) is 0 Å². The molecule has 2 N–H and O–H groups in total. The number of rotatable bonds is 4. The molecule has 10 heteroatoms. The van der Waals surface area contributed by atoms with Gasteiger partial charge in [0.1, 0.15) is 11.6 Å². The molecule has 0 aromatic heterocycles. The third kappa shape index (κ3) is 4.51. The maximum absolute atomic E-state index is 14.7. The first-order chi connectivity index (χ1) is 16.4. The molecule has 1 unspecified atom stereocenters. The summed E-state index contributed by atoms with van der Waals surface area (Å²) in [6.07, 6.45) is 0.826. The van der Waals surface area contributed by atoms with Crippen LogP contribution in [-0.2, 0) is 15.2 Å². The number of hydrogen-bond acceptors (Lipinski definition) is 3. The van der Waals surface area contributed by atoms with Gasteiger partial charge in [0, 0.05) is 44.5 Å². The summed E-state index contributed by atoms with van der Waals surface area (Å²) in [7, 11) is 0. The fourth-order valence-electron chi connectivity index (χ4n) is 5.30. The summed E-state index contributed by atoms with van der Waals surface area (Å²) in [6, 6.07) is 8.56. The van der Waals surface area contributed by atoms with E-state index in [1.165, 1.54) is 12.1 Å². The van der Waals surface area contributed by atoms with Gasteiger partial charge in [-0.2, -0.15) is 0 Å². The maximum Gasteiger partial charge on any atom is 0.286 e. The Morgan fingerprint density at radius 1 is 1.14 bits per heavy atom. The van der Waals surface area contributed by atoms with Crippen LogP contribution in [0.4, 0.5) is 17.6 Å². The van der Waals surface area contributed by atoms with Gasteiger partial charge in [-0.15, -0.1) is 0 Å². The molecular formula is C25H25ClF4N2O3. The van der Waals surface area contributed by atoms with Crippen LogP contribution in [0.25, 0.3) is 0 Å². The van der Waals surface area contributed by atoms with Crippen LogP contribution in [-0.4, -0.2) is 47.4 Å². The number of hydrogen-bond donors (Lipinski definition) is 2. The minimum absolute atomic E-state index is 0.0249. The number of benzene rings is 2. The number of nitrogens with one attached hydrogen (secondary N) is 1. The summed E-state index contributed by atoms with van der Waals surface area (Å²) >= 11 is 5.74. The third-order valence-corrected chi connectivity index (χ3v) is 7.65. The molecule has 2 amide bonds. The van der Waals surface area contributed by atoms with Crippen LogP contribution in [0.15, 0.2) is 42.5 Å². The van der Waals surface area contributed by atoms with Crippen LogP contribution in [0, 0.1) is 17.0 Å². The fourth-order valence-corrected chi connectivity index (χ4v) is 5.48. The largest absolute Gasteiger partial charge is 0.371 e. The Morgan fingerprint density at radius 2 is 1.77 bits per heavy atom. The average Bonchev–Trinajstić information content (AvgIpc) is 2.80. The van der Waals surface area contributed by atoms with E-state index < -0.39 is 39.2 Å². The first-order valence-corrected chi connectivity index (χ1v) is 11.6. The van der Waals surface area contributed by atoms with Gasteiger partial charge in [-0.05, 0) is 48.1 Å². The topological polar surface area (TPSA) is 69.6 Å². The lowest BCUT2D eigenvalue weighted by molar-refractivity contribution is -0.200. The zero-order valence-corrected chi connectivity index (χ0v) is 19.7. The molecule has 2 aliphatic rings. The van der Waals surface area contributed by atoms with E-state index in [2.05, 4.69) is 5.32 Å². The van der Waals surface area contributed by atoms with E-state index >= 15 is 0 Å². The highest BCUT2D eigenvalue weighted by atomic mass is 35.5. The van der Waals surface area contributed by atoms with Crippen molar-refractivity contribution in [3.05, 3.63) is 70.2 Å². The highest BCUT2D eigenvalue weighted by molar-refractivity contribution is 6.30. The van der Waals surface area contributed by atoms with Gasteiger partial charge in [0.15, 0.2) is 0 Å². The number of likely N-dealkylation sites (tertiary alicyclic amines) is 1. The molecule has 2 heterocycles. The van der Waals surface area contributed by atoms with Gasteiger partial charge in [0.25, 0.3) is 11.8 Å². The molecule has 1 spiro atoms. The van der Waals surface area contributed by atoms with Crippen molar-refractivity contribution in [1.29, 1.82) is 0 Å². The van der Waals surface area contributed by atoms with Crippen LogP contribution < -0.4 is 5.32 Å². The third-order valence-electron chi connectivity index (χ3n) is 7.36. The minimum Gasteiger partial charge on any atom is -0.371 e. The van der Waals surface area contributed by atoms with Crippen molar-refractivity contribution in [2.45, 2.75) is 43.6 Å². The molecule has 4 rings (SSSR count). The number of piperidine rings is 2. The smallest absolute Gasteiger partial charge is 0.286 e. The second kappa shape index (κ2) is 9.09.